The Bertz CT molecular complexity index is 438. The maximum atomic E-state index is 11.8. The van der Waals surface area contributed by atoms with Crippen LogP contribution in [0.3, 0.4) is 0 Å². The lowest BCUT2D eigenvalue weighted by Gasteiger charge is -2.15. The fourth-order valence-electron chi connectivity index (χ4n) is 1.44. The number of H-pyrrole nitrogens is 1. The molecule has 1 saturated carbocycles. The molecule has 2 rings (SSSR count). The van der Waals surface area contributed by atoms with Crippen molar-refractivity contribution >= 4 is 17.6 Å². The van der Waals surface area contributed by atoms with E-state index < -0.39 is 0 Å². The zero-order valence-electron chi connectivity index (χ0n) is 9.56. The third-order valence-electron chi connectivity index (χ3n) is 2.50. The van der Waals surface area contributed by atoms with E-state index in [1.807, 2.05) is 0 Å². The summed E-state index contributed by atoms with van der Waals surface area (Å²) in [7, 11) is 1.56. The van der Waals surface area contributed by atoms with Crippen molar-refractivity contribution in [2.45, 2.75) is 18.9 Å². The highest BCUT2D eigenvalue weighted by molar-refractivity contribution is 5.95. The van der Waals surface area contributed by atoms with Gasteiger partial charge in [-0.1, -0.05) is 0 Å². The van der Waals surface area contributed by atoms with Crippen molar-refractivity contribution in [2.24, 2.45) is 0 Å². The van der Waals surface area contributed by atoms with Crippen LogP contribution in [0.2, 0.25) is 0 Å². The molecule has 1 fully saturated rings. The highest BCUT2D eigenvalue weighted by atomic mass is 16.2. The number of hydrogen-bond acceptors (Lipinski definition) is 4. The smallest absolute Gasteiger partial charge is 0.272 e. The van der Waals surface area contributed by atoms with Crippen LogP contribution in [-0.4, -0.2) is 46.5 Å². The number of carbonyl (C=O) groups excluding carboxylic acids is 2. The Labute approximate surface area is 98.4 Å². The van der Waals surface area contributed by atoms with Gasteiger partial charge in [0.15, 0.2) is 0 Å². The predicted octanol–water partition coefficient (Wildman–Crippen LogP) is -0.657. The Morgan fingerprint density at radius 1 is 1.65 bits per heavy atom. The summed E-state index contributed by atoms with van der Waals surface area (Å²) in [5.41, 5.74) is 5.68. The number of amides is 2. The minimum Gasteiger partial charge on any atom is -0.382 e. The van der Waals surface area contributed by atoms with Gasteiger partial charge in [-0.05, 0) is 12.8 Å². The fraction of sp³-hybridized carbons (Fsp3) is 0.500. The summed E-state index contributed by atoms with van der Waals surface area (Å²) in [6, 6.07) is 1.74. The van der Waals surface area contributed by atoms with Crippen LogP contribution in [0, 0.1) is 0 Å². The van der Waals surface area contributed by atoms with Gasteiger partial charge in [-0.2, -0.15) is 5.10 Å². The van der Waals surface area contributed by atoms with Gasteiger partial charge in [-0.3, -0.25) is 14.7 Å². The molecule has 1 aliphatic rings. The molecule has 0 unspecified atom stereocenters. The highest BCUT2D eigenvalue weighted by Gasteiger charge is 2.24. The first-order valence-corrected chi connectivity index (χ1v) is 5.42. The molecule has 1 aliphatic carbocycles. The predicted molar refractivity (Wildman–Crippen MR) is 61.1 cm³/mol. The average molecular weight is 237 g/mol. The quantitative estimate of drug-likeness (QED) is 0.646. The Morgan fingerprint density at radius 2 is 2.35 bits per heavy atom. The van der Waals surface area contributed by atoms with Gasteiger partial charge >= 0.3 is 0 Å². The van der Waals surface area contributed by atoms with E-state index in [-0.39, 0.29) is 29.9 Å². The molecule has 0 saturated heterocycles. The molecule has 0 radical (unpaired) electrons. The summed E-state index contributed by atoms with van der Waals surface area (Å²) >= 11 is 0. The number of aromatic amines is 1. The summed E-state index contributed by atoms with van der Waals surface area (Å²) in [5, 5.41) is 8.99. The molecule has 1 aromatic heterocycles. The summed E-state index contributed by atoms with van der Waals surface area (Å²) in [4.78, 5) is 24.6. The van der Waals surface area contributed by atoms with Crippen LogP contribution < -0.4 is 11.1 Å². The van der Waals surface area contributed by atoms with Crippen molar-refractivity contribution in [3.05, 3.63) is 11.8 Å². The molecule has 92 valence electrons. The Hall–Kier alpha value is -2.05. The monoisotopic (exact) mass is 237 g/mol. The molecule has 2 amide bonds. The van der Waals surface area contributed by atoms with E-state index in [1.165, 1.54) is 11.0 Å². The lowest BCUT2D eigenvalue weighted by molar-refractivity contribution is -0.121. The van der Waals surface area contributed by atoms with E-state index in [0.717, 1.165) is 12.8 Å². The lowest BCUT2D eigenvalue weighted by atomic mass is 10.3. The zero-order chi connectivity index (χ0) is 12.4. The van der Waals surface area contributed by atoms with Gasteiger partial charge in [0.1, 0.15) is 11.5 Å². The van der Waals surface area contributed by atoms with E-state index in [0.29, 0.717) is 6.04 Å². The van der Waals surface area contributed by atoms with Gasteiger partial charge in [0.05, 0.1) is 6.54 Å². The van der Waals surface area contributed by atoms with Crippen molar-refractivity contribution < 1.29 is 9.59 Å². The summed E-state index contributed by atoms with van der Waals surface area (Å²) < 4.78 is 0. The molecule has 0 spiro atoms. The van der Waals surface area contributed by atoms with Crippen LogP contribution in [0.1, 0.15) is 23.3 Å². The van der Waals surface area contributed by atoms with Gasteiger partial charge in [-0.25, -0.2) is 0 Å². The van der Waals surface area contributed by atoms with Crippen LogP contribution in [-0.2, 0) is 4.79 Å². The van der Waals surface area contributed by atoms with Crippen LogP contribution in [0.5, 0.6) is 0 Å². The number of carbonyl (C=O) groups is 2. The van der Waals surface area contributed by atoms with Crippen LogP contribution in [0.15, 0.2) is 6.07 Å². The van der Waals surface area contributed by atoms with Crippen molar-refractivity contribution in [3.8, 4) is 0 Å². The average Bonchev–Trinajstić information content (AvgIpc) is 2.96. The third kappa shape index (κ3) is 2.96. The number of nitrogens with one attached hydrogen (secondary N) is 2. The molecule has 0 aromatic carbocycles. The molecule has 1 heterocycles. The van der Waals surface area contributed by atoms with E-state index >= 15 is 0 Å². The SMILES string of the molecule is CN(CC(=O)NC1CC1)C(=O)c1cc(N)n[nH]1. The molecule has 17 heavy (non-hydrogen) atoms. The molecule has 7 nitrogen and oxygen atoms in total. The maximum absolute atomic E-state index is 11.8. The molecule has 4 N–H and O–H groups in total. The second-order valence-corrected chi connectivity index (χ2v) is 4.21. The molecule has 0 atom stereocenters. The summed E-state index contributed by atoms with van der Waals surface area (Å²) in [5.74, 6) is -0.194. The second-order valence-electron chi connectivity index (χ2n) is 4.21. The molecule has 1 aromatic rings. The highest BCUT2D eigenvalue weighted by Crippen LogP contribution is 2.18. The largest absolute Gasteiger partial charge is 0.382 e. The standard InChI is InChI=1S/C10H15N5O2/c1-15(5-9(16)12-6-2-3-6)10(17)7-4-8(11)14-13-7/h4,6H,2-3,5H2,1H3,(H,12,16)(H3,11,13,14). The van der Waals surface area contributed by atoms with Crippen LogP contribution in [0.25, 0.3) is 0 Å². The number of nitrogens with zero attached hydrogens (tertiary/aromatic N) is 2. The minimum atomic E-state index is -0.305. The second kappa shape index (κ2) is 4.44. The van der Waals surface area contributed by atoms with Crippen LogP contribution >= 0.6 is 0 Å². The van der Waals surface area contributed by atoms with Crippen molar-refractivity contribution in [3.63, 3.8) is 0 Å². The van der Waals surface area contributed by atoms with E-state index in [2.05, 4.69) is 15.5 Å². The first kappa shape index (κ1) is 11.4. The number of hydrogen-bond donors (Lipinski definition) is 3. The Morgan fingerprint density at radius 3 is 2.88 bits per heavy atom. The number of nitrogen functional groups attached to an aromatic ring is 1. The van der Waals surface area contributed by atoms with Crippen molar-refractivity contribution in [1.29, 1.82) is 0 Å². The van der Waals surface area contributed by atoms with Gasteiger partial charge in [0.2, 0.25) is 5.91 Å². The molecule has 7 heteroatoms. The van der Waals surface area contributed by atoms with Crippen LogP contribution in [0.4, 0.5) is 5.82 Å². The Balaban J connectivity index is 1.88. The number of aromatic nitrogens is 2. The molecule has 0 aliphatic heterocycles. The van der Waals surface area contributed by atoms with Gasteiger partial charge < -0.3 is 16.0 Å². The topological polar surface area (TPSA) is 104 Å². The molecular weight excluding hydrogens is 222 g/mol. The zero-order valence-corrected chi connectivity index (χ0v) is 9.56. The van der Waals surface area contributed by atoms with E-state index in [9.17, 15) is 9.59 Å². The maximum Gasteiger partial charge on any atom is 0.272 e. The molecule has 0 bridgehead atoms. The van der Waals surface area contributed by atoms with E-state index in [4.69, 9.17) is 5.73 Å². The van der Waals surface area contributed by atoms with Gasteiger partial charge in [0, 0.05) is 19.2 Å². The third-order valence-corrected chi connectivity index (χ3v) is 2.50. The fourth-order valence-corrected chi connectivity index (χ4v) is 1.44. The number of likely N-dealkylation sites (N-methyl/N-ethyl adjacent to an activating group) is 1. The number of nitrogens with two attached hydrogens (primary N) is 1. The van der Waals surface area contributed by atoms with Crippen molar-refractivity contribution in [1.82, 2.24) is 20.4 Å². The summed E-state index contributed by atoms with van der Waals surface area (Å²) in [6.45, 7) is 0.0360. The normalized spacial score (nSPS) is 14.4. The first-order valence-electron chi connectivity index (χ1n) is 5.42. The first-order chi connectivity index (χ1) is 8.06. The number of rotatable bonds is 4. The van der Waals surface area contributed by atoms with Gasteiger partial charge in [-0.15, -0.1) is 0 Å². The lowest BCUT2D eigenvalue weighted by Crippen LogP contribution is -2.39. The van der Waals surface area contributed by atoms with E-state index in [1.54, 1.807) is 7.05 Å². The molecular formula is C10H15N5O2. The van der Waals surface area contributed by atoms with Crippen molar-refractivity contribution in [2.75, 3.05) is 19.3 Å². The summed E-state index contributed by atoms with van der Waals surface area (Å²) in [6.07, 6.45) is 2.06. The minimum absolute atomic E-state index is 0.0360. The number of anilines is 1. The van der Waals surface area contributed by atoms with Gasteiger partial charge in [0.25, 0.3) is 5.91 Å². The Kier molecular flexibility index (Phi) is 2.99.